The first-order chi connectivity index (χ1) is 12.2. The van der Waals surface area contributed by atoms with Gasteiger partial charge >= 0.3 is 0 Å². The van der Waals surface area contributed by atoms with Crippen LogP contribution in [0.4, 0.5) is 5.69 Å². The predicted octanol–water partition coefficient (Wildman–Crippen LogP) is 3.97. The topological polar surface area (TPSA) is 36.4 Å². The number of anilines is 1. The van der Waals surface area contributed by atoms with Crippen LogP contribution < -0.4 is 4.90 Å². The Hall–Kier alpha value is -2.20. The fourth-order valence-electron chi connectivity index (χ4n) is 3.72. The molecule has 1 saturated heterocycles. The number of carbonyl (C=O) groups is 1. The van der Waals surface area contributed by atoms with Crippen molar-refractivity contribution in [1.82, 2.24) is 9.88 Å². The number of carbonyl (C=O) groups excluding carboxylic acids is 1. The molecule has 0 aliphatic carbocycles. The Morgan fingerprint density at radius 1 is 1.24 bits per heavy atom. The van der Waals surface area contributed by atoms with Crippen LogP contribution in [0.15, 0.2) is 48.7 Å². The van der Waals surface area contributed by atoms with Gasteiger partial charge in [0, 0.05) is 31.4 Å². The summed E-state index contributed by atoms with van der Waals surface area (Å²) in [6.45, 7) is 6.64. The first-order valence-electron chi connectivity index (χ1n) is 9.21. The first kappa shape index (κ1) is 17.6. The Balaban J connectivity index is 1.64. The van der Waals surface area contributed by atoms with Crippen LogP contribution in [0.3, 0.4) is 0 Å². The van der Waals surface area contributed by atoms with Crippen LogP contribution in [-0.4, -0.2) is 35.4 Å². The molecule has 0 radical (unpaired) electrons. The van der Waals surface area contributed by atoms with Crippen LogP contribution in [0, 0.1) is 6.92 Å². The summed E-state index contributed by atoms with van der Waals surface area (Å²) in [6.07, 6.45) is 4.70. The summed E-state index contributed by atoms with van der Waals surface area (Å²) in [6, 6.07) is 14.5. The monoisotopic (exact) mass is 337 g/mol. The number of pyridine rings is 1. The van der Waals surface area contributed by atoms with Crippen LogP contribution in [-0.2, 0) is 4.79 Å². The molecule has 1 amide bonds. The minimum absolute atomic E-state index is 0.198. The lowest BCUT2D eigenvalue weighted by molar-refractivity contribution is -0.119. The molecule has 2 aromatic rings. The second kappa shape index (κ2) is 8.26. The van der Waals surface area contributed by atoms with E-state index in [1.165, 1.54) is 6.42 Å². The van der Waals surface area contributed by atoms with Crippen LogP contribution in [0.5, 0.6) is 0 Å². The highest BCUT2D eigenvalue weighted by Gasteiger charge is 2.27. The highest BCUT2D eigenvalue weighted by atomic mass is 16.2. The highest BCUT2D eigenvalue weighted by Crippen LogP contribution is 2.30. The van der Waals surface area contributed by atoms with Crippen LogP contribution in [0.2, 0.25) is 0 Å². The summed E-state index contributed by atoms with van der Waals surface area (Å²) in [4.78, 5) is 21.6. The molecule has 25 heavy (non-hydrogen) atoms. The number of nitrogens with zero attached hydrogens (tertiary/aromatic N) is 3. The Kier molecular flexibility index (Phi) is 5.82. The number of rotatable bonds is 6. The zero-order chi connectivity index (χ0) is 17.6. The third-order valence-corrected chi connectivity index (χ3v) is 5.03. The van der Waals surface area contributed by atoms with Gasteiger partial charge in [-0.3, -0.25) is 14.7 Å². The van der Waals surface area contributed by atoms with E-state index in [-0.39, 0.29) is 5.91 Å². The molecule has 0 spiro atoms. The van der Waals surface area contributed by atoms with Crippen molar-refractivity contribution in [3.8, 4) is 0 Å². The molecule has 1 aromatic heterocycles. The standard InChI is InChI=1S/C21H27N3O/c1-3-24(19-11-5-4-9-17(19)2)21(25)13-16-23-15-8-12-20(23)18-10-6-7-14-22-18/h4-7,9-11,14,20H,3,8,12-13,15-16H2,1-2H3/t20-/m1/s1. The lowest BCUT2D eigenvalue weighted by Gasteiger charge is -2.27. The van der Waals surface area contributed by atoms with Gasteiger partial charge in [0.05, 0.1) is 11.7 Å². The van der Waals surface area contributed by atoms with Crippen molar-refractivity contribution in [2.24, 2.45) is 0 Å². The second-order valence-electron chi connectivity index (χ2n) is 6.62. The van der Waals surface area contributed by atoms with Crippen molar-refractivity contribution in [2.45, 2.75) is 39.2 Å². The summed E-state index contributed by atoms with van der Waals surface area (Å²) >= 11 is 0. The quantitative estimate of drug-likeness (QED) is 0.800. The van der Waals surface area contributed by atoms with E-state index in [1.807, 2.05) is 48.4 Å². The van der Waals surface area contributed by atoms with Gasteiger partial charge in [-0.2, -0.15) is 0 Å². The van der Waals surface area contributed by atoms with Crippen molar-refractivity contribution < 1.29 is 4.79 Å². The fourth-order valence-corrected chi connectivity index (χ4v) is 3.72. The molecule has 0 bridgehead atoms. The maximum Gasteiger partial charge on any atom is 0.228 e. The van der Waals surface area contributed by atoms with Crippen LogP contribution in [0.25, 0.3) is 0 Å². The van der Waals surface area contributed by atoms with E-state index in [2.05, 4.69) is 28.9 Å². The van der Waals surface area contributed by atoms with Gasteiger partial charge in [-0.25, -0.2) is 0 Å². The lowest BCUT2D eigenvalue weighted by Crippen LogP contribution is -2.35. The average Bonchev–Trinajstić information content (AvgIpc) is 3.11. The number of para-hydroxylation sites is 1. The van der Waals surface area contributed by atoms with Crippen molar-refractivity contribution in [3.63, 3.8) is 0 Å². The smallest absolute Gasteiger partial charge is 0.228 e. The van der Waals surface area contributed by atoms with Gasteiger partial charge in [0.1, 0.15) is 0 Å². The zero-order valence-corrected chi connectivity index (χ0v) is 15.2. The molecular formula is C21H27N3O. The minimum atomic E-state index is 0.198. The van der Waals surface area contributed by atoms with E-state index in [0.717, 1.165) is 36.5 Å². The van der Waals surface area contributed by atoms with E-state index in [0.29, 0.717) is 19.0 Å². The maximum absolute atomic E-state index is 12.8. The second-order valence-corrected chi connectivity index (χ2v) is 6.62. The Bertz CT molecular complexity index is 701. The number of aromatic nitrogens is 1. The van der Waals surface area contributed by atoms with Gasteiger partial charge in [-0.1, -0.05) is 24.3 Å². The predicted molar refractivity (Wildman–Crippen MR) is 102 cm³/mol. The molecule has 1 aromatic carbocycles. The van der Waals surface area contributed by atoms with E-state index in [4.69, 9.17) is 0 Å². The molecule has 3 rings (SSSR count). The molecule has 0 unspecified atom stereocenters. The third kappa shape index (κ3) is 4.07. The molecule has 4 heteroatoms. The van der Waals surface area contributed by atoms with Gasteiger partial charge in [-0.15, -0.1) is 0 Å². The van der Waals surface area contributed by atoms with Gasteiger partial charge in [0.2, 0.25) is 5.91 Å². The molecule has 1 aliphatic heterocycles. The van der Waals surface area contributed by atoms with Crippen LogP contribution in [0.1, 0.15) is 43.5 Å². The summed E-state index contributed by atoms with van der Waals surface area (Å²) in [7, 11) is 0. The number of benzene rings is 1. The minimum Gasteiger partial charge on any atom is -0.312 e. The summed E-state index contributed by atoms with van der Waals surface area (Å²) in [5.41, 5.74) is 3.29. The SMILES string of the molecule is CCN(C(=O)CCN1CCC[C@@H]1c1ccccn1)c1ccccc1C. The highest BCUT2D eigenvalue weighted by molar-refractivity contribution is 5.94. The van der Waals surface area contributed by atoms with Gasteiger partial charge in [0.25, 0.3) is 0 Å². The Morgan fingerprint density at radius 2 is 2.04 bits per heavy atom. The number of aryl methyl sites for hydroxylation is 1. The number of likely N-dealkylation sites (tertiary alicyclic amines) is 1. The van der Waals surface area contributed by atoms with Gasteiger partial charge in [-0.05, 0) is 57.0 Å². The largest absolute Gasteiger partial charge is 0.312 e. The van der Waals surface area contributed by atoms with Crippen molar-refractivity contribution in [1.29, 1.82) is 0 Å². The molecule has 0 saturated carbocycles. The first-order valence-corrected chi connectivity index (χ1v) is 9.21. The Morgan fingerprint density at radius 3 is 2.76 bits per heavy atom. The van der Waals surface area contributed by atoms with Crippen molar-refractivity contribution in [3.05, 3.63) is 59.9 Å². The summed E-state index contributed by atoms with van der Waals surface area (Å²) in [5, 5.41) is 0. The molecule has 132 valence electrons. The molecule has 1 fully saturated rings. The average molecular weight is 337 g/mol. The van der Waals surface area contributed by atoms with Crippen molar-refractivity contribution in [2.75, 3.05) is 24.5 Å². The Labute approximate surface area is 150 Å². The molecular weight excluding hydrogens is 310 g/mol. The number of amides is 1. The van der Waals surface area contributed by atoms with E-state index in [1.54, 1.807) is 0 Å². The molecule has 2 heterocycles. The van der Waals surface area contributed by atoms with E-state index < -0.39 is 0 Å². The summed E-state index contributed by atoms with van der Waals surface area (Å²) in [5.74, 6) is 0.198. The molecule has 1 atom stereocenters. The maximum atomic E-state index is 12.8. The number of hydrogen-bond donors (Lipinski definition) is 0. The summed E-state index contributed by atoms with van der Waals surface area (Å²) < 4.78 is 0. The van der Waals surface area contributed by atoms with Gasteiger partial charge in [0.15, 0.2) is 0 Å². The van der Waals surface area contributed by atoms with Crippen molar-refractivity contribution >= 4 is 11.6 Å². The normalized spacial score (nSPS) is 17.6. The van der Waals surface area contributed by atoms with Gasteiger partial charge < -0.3 is 4.90 Å². The molecule has 1 aliphatic rings. The number of hydrogen-bond acceptors (Lipinski definition) is 3. The molecule has 0 N–H and O–H groups in total. The van der Waals surface area contributed by atoms with E-state index in [9.17, 15) is 4.79 Å². The molecule has 4 nitrogen and oxygen atoms in total. The van der Waals surface area contributed by atoms with E-state index >= 15 is 0 Å². The third-order valence-electron chi connectivity index (χ3n) is 5.03. The zero-order valence-electron chi connectivity index (χ0n) is 15.2. The van der Waals surface area contributed by atoms with Crippen LogP contribution >= 0.6 is 0 Å². The fraction of sp³-hybridized carbons (Fsp3) is 0.429. The lowest BCUT2D eigenvalue weighted by atomic mass is 10.1.